The molecule has 0 atom stereocenters. The van der Waals surface area contributed by atoms with Crippen LogP contribution in [0.5, 0.6) is 0 Å². The number of nitro groups is 1. The van der Waals surface area contributed by atoms with Gasteiger partial charge in [-0.15, -0.1) is 0 Å². The molecular formula is C23H26N2O4. The lowest BCUT2D eigenvalue weighted by atomic mass is 10.1. The summed E-state index contributed by atoms with van der Waals surface area (Å²) in [6.45, 7) is 5.64. The molecule has 0 fully saturated rings. The third kappa shape index (κ3) is 8.09. The van der Waals surface area contributed by atoms with E-state index in [1.165, 1.54) is 17.7 Å². The zero-order valence-electron chi connectivity index (χ0n) is 16.7. The number of rotatable bonds is 11. The minimum Gasteiger partial charge on any atom is -0.462 e. The highest BCUT2D eigenvalue weighted by Crippen LogP contribution is 2.17. The minimum absolute atomic E-state index is 0.0677. The number of nitro benzene ring substituents is 1. The number of non-ortho nitro benzene ring substituents is 1. The number of hydrogen-bond acceptors (Lipinski definition) is 5. The molecule has 29 heavy (non-hydrogen) atoms. The molecule has 0 amide bonds. The summed E-state index contributed by atoms with van der Waals surface area (Å²) in [5.74, 6) is -0.323. The van der Waals surface area contributed by atoms with Crippen molar-refractivity contribution in [2.24, 2.45) is 4.99 Å². The van der Waals surface area contributed by atoms with Gasteiger partial charge in [0.05, 0.1) is 17.2 Å². The Morgan fingerprint density at radius 1 is 1.14 bits per heavy atom. The van der Waals surface area contributed by atoms with Gasteiger partial charge in [-0.1, -0.05) is 31.6 Å². The van der Waals surface area contributed by atoms with Crippen LogP contribution < -0.4 is 0 Å². The lowest BCUT2D eigenvalue weighted by Crippen LogP contribution is -2.06. The lowest BCUT2D eigenvalue weighted by molar-refractivity contribution is -0.384. The number of hydrogen-bond donors (Lipinski definition) is 0. The van der Waals surface area contributed by atoms with Gasteiger partial charge < -0.3 is 4.74 Å². The summed E-state index contributed by atoms with van der Waals surface area (Å²) in [5, 5.41) is 10.7. The van der Waals surface area contributed by atoms with Gasteiger partial charge in [0, 0.05) is 23.9 Å². The van der Waals surface area contributed by atoms with Crippen molar-refractivity contribution < 1.29 is 14.5 Å². The smallest absolute Gasteiger partial charge is 0.333 e. The van der Waals surface area contributed by atoms with E-state index in [0.717, 1.165) is 43.4 Å². The summed E-state index contributed by atoms with van der Waals surface area (Å²) in [4.78, 5) is 26.0. The molecule has 6 heteroatoms. The highest BCUT2D eigenvalue weighted by atomic mass is 16.6. The van der Waals surface area contributed by atoms with Crippen molar-refractivity contribution in [3.8, 4) is 0 Å². The first-order valence-corrected chi connectivity index (χ1v) is 9.66. The van der Waals surface area contributed by atoms with Gasteiger partial charge >= 0.3 is 5.97 Å². The van der Waals surface area contributed by atoms with Crippen LogP contribution in [0.25, 0.3) is 0 Å². The number of esters is 1. The number of carbonyl (C=O) groups excluding carboxylic acids is 1. The van der Waals surface area contributed by atoms with Gasteiger partial charge in [0.1, 0.15) is 0 Å². The van der Waals surface area contributed by atoms with Gasteiger partial charge in [0.15, 0.2) is 0 Å². The number of benzene rings is 2. The normalized spacial score (nSPS) is 10.8. The summed E-state index contributed by atoms with van der Waals surface area (Å²) in [6, 6.07) is 14.3. The Balaban J connectivity index is 1.74. The van der Waals surface area contributed by atoms with Crippen LogP contribution in [-0.4, -0.2) is 23.7 Å². The summed E-state index contributed by atoms with van der Waals surface area (Å²) < 4.78 is 5.08. The first-order chi connectivity index (χ1) is 14.0. The maximum absolute atomic E-state index is 11.3. The van der Waals surface area contributed by atoms with Crippen molar-refractivity contribution >= 4 is 23.6 Å². The number of nitrogens with zero attached hydrogens (tertiary/aromatic N) is 2. The second-order valence-electron chi connectivity index (χ2n) is 6.86. The van der Waals surface area contributed by atoms with Crippen LogP contribution >= 0.6 is 0 Å². The van der Waals surface area contributed by atoms with Gasteiger partial charge in [-0.2, -0.15) is 0 Å². The largest absolute Gasteiger partial charge is 0.462 e. The summed E-state index contributed by atoms with van der Waals surface area (Å²) >= 11 is 0. The molecule has 0 aliphatic rings. The molecule has 0 N–H and O–H groups in total. The van der Waals surface area contributed by atoms with Crippen LogP contribution in [0, 0.1) is 10.1 Å². The predicted octanol–water partition coefficient (Wildman–Crippen LogP) is 5.57. The molecule has 0 saturated heterocycles. The Bertz CT molecular complexity index is 873. The molecule has 2 rings (SSSR count). The molecule has 0 heterocycles. The SMILES string of the molecule is C=C(C)C(=O)OCCCCCCc1cccc(N=Cc2ccc([N+](=O)[O-])cc2)c1. The average molecular weight is 394 g/mol. The zero-order chi connectivity index (χ0) is 21.1. The maximum Gasteiger partial charge on any atom is 0.333 e. The van der Waals surface area contributed by atoms with E-state index in [4.69, 9.17) is 4.74 Å². The Morgan fingerprint density at radius 2 is 1.86 bits per heavy atom. The molecule has 0 aliphatic heterocycles. The second-order valence-corrected chi connectivity index (χ2v) is 6.86. The van der Waals surface area contributed by atoms with Gasteiger partial charge in [-0.25, -0.2) is 4.79 Å². The topological polar surface area (TPSA) is 81.8 Å². The van der Waals surface area contributed by atoms with Crippen LogP contribution in [-0.2, 0) is 16.0 Å². The van der Waals surface area contributed by atoms with E-state index in [9.17, 15) is 14.9 Å². The van der Waals surface area contributed by atoms with Crippen molar-refractivity contribution in [3.63, 3.8) is 0 Å². The molecular weight excluding hydrogens is 368 g/mol. The number of aryl methyl sites for hydroxylation is 1. The molecule has 0 aromatic heterocycles. The van der Waals surface area contributed by atoms with Crippen molar-refractivity contribution in [3.05, 3.63) is 81.9 Å². The lowest BCUT2D eigenvalue weighted by Gasteiger charge is -2.05. The fourth-order valence-electron chi connectivity index (χ4n) is 2.70. The van der Waals surface area contributed by atoms with Crippen LogP contribution in [0.2, 0.25) is 0 Å². The third-order valence-electron chi connectivity index (χ3n) is 4.32. The molecule has 0 bridgehead atoms. The van der Waals surface area contributed by atoms with Crippen molar-refractivity contribution in [1.82, 2.24) is 0 Å². The Kier molecular flexibility index (Phi) is 8.76. The monoisotopic (exact) mass is 394 g/mol. The number of carbonyl (C=O) groups is 1. The molecule has 152 valence electrons. The van der Waals surface area contributed by atoms with E-state index < -0.39 is 4.92 Å². The van der Waals surface area contributed by atoms with Gasteiger partial charge in [0.2, 0.25) is 0 Å². The number of aliphatic imine (C=N–C) groups is 1. The first-order valence-electron chi connectivity index (χ1n) is 9.66. The van der Waals surface area contributed by atoms with E-state index in [2.05, 4.69) is 23.7 Å². The van der Waals surface area contributed by atoms with Gasteiger partial charge in [0.25, 0.3) is 5.69 Å². The third-order valence-corrected chi connectivity index (χ3v) is 4.32. The molecule has 0 unspecified atom stereocenters. The molecule has 0 spiro atoms. The van der Waals surface area contributed by atoms with E-state index in [0.29, 0.717) is 12.2 Å². The van der Waals surface area contributed by atoms with Gasteiger partial charge in [-0.05, 0) is 61.6 Å². The summed E-state index contributed by atoms with van der Waals surface area (Å²) in [5.41, 5.74) is 3.39. The zero-order valence-corrected chi connectivity index (χ0v) is 16.7. The Hall–Kier alpha value is -3.28. The molecule has 0 aliphatic carbocycles. The predicted molar refractivity (Wildman–Crippen MR) is 115 cm³/mol. The molecule has 2 aromatic rings. The van der Waals surface area contributed by atoms with Crippen molar-refractivity contribution in [2.45, 2.75) is 39.0 Å². The number of ether oxygens (including phenoxy) is 1. The fraction of sp³-hybridized carbons (Fsp3) is 0.304. The summed E-state index contributed by atoms with van der Waals surface area (Å²) in [7, 11) is 0. The molecule has 0 saturated carbocycles. The Morgan fingerprint density at radius 3 is 2.55 bits per heavy atom. The fourth-order valence-corrected chi connectivity index (χ4v) is 2.70. The number of unbranched alkanes of at least 4 members (excludes halogenated alkanes) is 3. The molecule has 6 nitrogen and oxygen atoms in total. The first kappa shape index (κ1) is 22.0. The highest BCUT2D eigenvalue weighted by molar-refractivity contribution is 5.86. The van der Waals surface area contributed by atoms with E-state index >= 15 is 0 Å². The van der Waals surface area contributed by atoms with Crippen LogP contribution in [0.3, 0.4) is 0 Å². The van der Waals surface area contributed by atoms with E-state index in [-0.39, 0.29) is 11.7 Å². The van der Waals surface area contributed by atoms with E-state index in [1.807, 2.05) is 12.1 Å². The van der Waals surface area contributed by atoms with Gasteiger partial charge in [-0.3, -0.25) is 15.1 Å². The molecule has 2 aromatic carbocycles. The maximum atomic E-state index is 11.3. The second kappa shape index (κ2) is 11.5. The molecule has 0 radical (unpaired) electrons. The standard InChI is InChI=1S/C23H26N2O4/c1-18(2)23(26)29-15-6-4-3-5-8-19-9-7-10-21(16-19)24-17-20-11-13-22(14-12-20)25(27)28/h7,9-14,16-17H,1,3-6,8,15H2,2H3. The van der Waals surface area contributed by atoms with Crippen LogP contribution in [0.4, 0.5) is 11.4 Å². The summed E-state index contributed by atoms with van der Waals surface area (Å²) in [6.07, 6.45) is 6.67. The van der Waals surface area contributed by atoms with Crippen LogP contribution in [0.15, 0.2) is 65.7 Å². The highest BCUT2D eigenvalue weighted by Gasteiger charge is 2.03. The Labute approximate surface area is 171 Å². The average Bonchev–Trinajstić information content (AvgIpc) is 2.72. The van der Waals surface area contributed by atoms with Crippen molar-refractivity contribution in [2.75, 3.05) is 6.61 Å². The van der Waals surface area contributed by atoms with Crippen molar-refractivity contribution in [1.29, 1.82) is 0 Å². The van der Waals surface area contributed by atoms with Crippen LogP contribution in [0.1, 0.15) is 43.7 Å². The quantitative estimate of drug-likeness (QED) is 0.125. The van der Waals surface area contributed by atoms with E-state index in [1.54, 1.807) is 25.3 Å². The minimum atomic E-state index is -0.417.